The number of hydrogen-bond acceptors (Lipinski definition) is 3. The molecule has 1 N–H and O–H groups in total. The number of amides is 1. The summed E-state index contributed by atoms with van der Waals surface area (Å²) in [6, 6.07) is 3.96. The zero-order valence-corrected chi connectivity index (χ0v) is 15.0. The molecular formula is C16H27Cl2N3O. The third-order valence-electron chi connectivity index (χ3n) is 4.10. The Morgan fingerprint density at radius 2 is 2.00 bits per heavy atom. The van der Waals surface area contributed by atoms with E-state index in [1.165, 1.54) is 6.42 Å². The number of aromatic nitrogens is 1. The molecule has 1 aliphatic rings. The van der Waals surface area contributed by atoms with Crippen molar-refractivity contribution >= 4 is 30.7 Å². The van der Waals surface area contributed by atoms with Gasteiger partial charge >= 0.3 is 0 Å². The number of pyridine rings is 1. The molecule has 1 aliphatic heterocycles. The number of carbonyl (C=O) groups is 1. The lowest BCUT2D eigenvalue weighted by Crippen LogP contribution is -2.39. The summed E-state index contributed by atoms with van der Waals surface area (Å²) in [5, 5.41) is 3.20. The molecule has 0 saturated carbocycles. The van der Waals surface area contributed by atoms with Gasteiger partial charge in [-0.15, -0.1) is 24.8 Å². The number of carbonyl (C=O) groups excluding carboxylic acids is 1. The van der Waals surface area contributed by atoms with Crippen molar-refractivity contribution in [3.63, 3.8) is 0 Å². The van der Waals surface area contributed by atoms with Crippen molar-refractivity contribution < 1.29 is 4.79 Å². The standard InChI is InChI=1S/C16H25N3O.2ClH/c1-13-3-4-15(12-18-13)11-16(20)19-9-6-14(7-10-19)5-8-17-2;;/h3-4,12,14,17H,5-11H2,1-2H3;2*1H. The first kappa shape index (κ1) is 21.2. The second-order valence-electron chi connectivity index (χ2n) is 5.70. The van der Waals surface area contributed by atoms with E-state index in [0.717, 1.165) is 49.7 Å². The van der Waals surface area contributed by atoms with Crippen LogP contribution < -0.4 is 5.32 Å². The van der Waals surface area contributed by atoms with E-state index in [1.807, 2.05) is 37.2 Å². The zero-order valence-electron chi connectivity index (χ0n) is 13.4. The second-order valence-corrected chi connectivity index (χ2v) is 5.70. The molecular weight excluding hydrogens is 321 g/mol. The number of piperidine rings is 1. The fraction of sp³-hybridized carbons (Fsp3) is 0.625. The Labute approximate surface area is 145 Å². The van der Waals surface area contributed by atoms with Gasteiger partial charge in [0.05, 0.1) is 6.42 Å². The van der Waals surface area contributed by atoms with Crippen molar-refractivity contribution in [3.05, 3.63) is 29.6 Å². The zero-order chi connectivity index (χ0) is 14.4. The third kappa shape index (κ3) is 6.51. The van der Waals surface area contributed by atoms with Crippen LogP contribution in [0.25, 0.3) is 0 Å². The van der Waals surface area contributed by atoms with Crippen molar-refractivity contribution in [2.45, 2.75) is 32.6 Å². The molecule has 6 heteroatoms. The quantitative estimate of drug-likeness (QED) is 0.890. The van der Waals surface area contributed by atoms with E-state index >= 15 is 0 Å². The van der Waals surface area contributed by atoms with Gasteiger partial charge in [0.2, 0.25) is 5.91 Å². The van der Waals surface area contributed by atoms with Gasteiger partial charge in [-0.2, -0.15) is 0 Å². The third-order valence-corrected chi connectivity index (χ3v) is 4.10. The fourth-order valence-electron chi connectivity index (χ4n) is 2.71. The van der Waals surface area contributed by atoms with E-state index in [4.69, 9.17) is 0 Å². The van der Waals surface area contributed by atoms with Crippen LogP contribution in [0, 0.1) is 12.8 Å². The Morgan fingerprint density at radius 1 is 1.32 bits per heavy atom. The summed E-state index contributed by atoms with van der Waals surface area (Å²) in [5.74, 6) is 1.01. The molecule has 0 radical (unpaired) electrons. The van der Waals surface area contributed by atoms with Crippen LogP contribution in [0.1, 0.15) is 30.5 Å². The van der Waals surface area contributed by atoms with Crippen molar-refractivity contribution in [2.75, 3.05) is 26.7 Å². The molecule has 0 unspecified atom stereocenters. The molecule has 126 valence electrons. The molecule has 4 nitrogen and oxygen atoms in total. The number of rotatable bonds is 5. The number of hydrogen-bond donors (Lipinski definition) is 1. The molecule has 2 heterocycles. The highest BCUT2D eigenvalue weighted by molar-refractivity contribution is 5.85. The highest BCUT2D eigenvalue weighted by Crippen LogP contribution is 2.20. The van der Waals surface area contributed by atoms with Crippen LogP contribution in [-0.2, 0) is 11.2 Å². The second kappa shape index (κ2) is 10.8. The van der Waals surface area contributed by atoms with Gasteiger partial charge in [0.15, 0.2) is 0 Å². The average Bonchev–Trinajstić information content (AvgIpc) is 2.48. The van der Waals surface area contributed by atoms with Crippen LogP contribution >= 0.6 is 24.8 Å². The molecule has 0 aromatic carbocycles. The van der Waals surface area contributed by atoms with Gasteiger partial charge in [0.25, 0.3) is 0 Å². The number of halogens is 2. The SMILES string of the molecule is CNCCC1CCN(C(=O)Cc2ccc(C)nc2)CC1.Cl.Cl. The van der Waals surface area contributed by atoms with Gasteiger partial charge in [-0.3, -0.25) is 9.78 Å². The minimum Gasteiger partial charge on any atom is -0.342 e. The maximum Gasteiger partial charge on any atom is 0.227 e. The van der Waals surface area contributed by atoms with Crippen LogP contribution in [0.3, 0.4) is 0 Å². The monoisotopic (exact) mass is 347 g/mol. The van der Waals surface area contributed by atoms with E-state index in [0.29, 0.717) is 6.42 Å². The van der Waals surface area contributed by atoms with Crippen LogP contribution in [0.4, 0.5) is 0 Å². The van der Waals surface area contributed by atoms with Crippen molar-refractivity contribution in [3.8, 4) is 0 Å². The first-order valence-corrected chi connectivity index (χ1v) is 7.53. The molecule has 1 saturated heterocycles. The topological polar surface area (TPSA) is 45.2 Å². The minimum absolute atomic E-state index is 0. The first-order chi connectivity index (χ1) is 9.69. The van der Waals surface area contributed by atoms with Gasteiger partial charge in [-0.1, -0.05) is 6.07 Å². The molecule has 2 rings (SSSR count). The summed E-state index contributed by atoms with van der Waals surface area (Å²) in [5.41, 5.74) is 2.00. The molecule has 1 fully saturated rings. The van der Waals surface area contributed by atoms with Gasteiger partial charge < -0.3 is 10.2 Å². The Balaban J connectivity index is 0.00000220. The van der Waals surface area contributed by atoms with Crippen LogP contribution in [0.2, 0.25) is 0 Å². The summed E-state index contributed by atoms with van der Waals surface area (Å²) >= 11 is 0. The summed E-state index contributed by atoms with van der Waals surface area (Å²) in [6.45, 7) is 4.86. The van der Waals surface area contributed by atoms with E-state index in [1.54, 1.807) is 0 Å². The molecule has 0 aliphatic carbocycles. The van der Waals surface area contributed by atoms with Crippen molar-refractivity contribution in [1.29, 1.82) is 0 Å². The van der Waals surface area contributed by atoms with Gasteiger partial charge in [0, 0.05) is 25.0 Å². The summed E-state index contributed by atoms with van der Waals surface area (Å²) < 4.78 is 0. The van der Waals surface area contributed by atoms with Gasteiger partial charge in [0.1, 0.15) is 0 Å². The largest absolute Gasteiger partial charge is 0.342 e. The summed E-state index contributed by atoms with van der Waals surface area (Å²) in [4.78, 5) is 18.5. The predicted molar refractivity (Wildman–Crippen MR) is 95.0 cm³/mol. The molecule has 0 spiro atoms. The Bertz CT molecular complexity index is 432. The molecule has 1 aromatic heterocycles. The smallest absolute Gasteiger partial charge is 0.227 e. The Hall–Kier alpha value is -0.840. The number of likely N-dealkylation sites (tertiary alicyclic amines) is 1. The lowest BCUT2D eigenvalue weighted by atomic mass is 9.93. The average molecular weight is 348 g/mol. The number of nitrogens with one attached hydrogen (secondary N) is 1. The van der Waals surface area contributed by atoms with Crippen LogP contribution in [0.5, 0.6) is 0 Å². The summed E-state index contributed by atoms with van der Waals surface area (Å²) in [6.07, 6.45) is 5.79. The van der Waals surface area contributed by atoms with E-state index in [9.17, 15) is 4.79 Å². The van der Waals surface area contributed by atoms with Crippen molar-refractivity contribution in [1.82, 2.24) is 15.2 Å². The molecule has 22 heavy (non-hydrogen) atoms. The normalized spacial score (nSPS) is 14.9. The van der Waals surface area contributed by atoms with Gasteiger partial charge in [-0.25, -0.2) is 0 Å². The number of nitrogens with zero attached hydrogens (tertiary/aromatic N) is 2. The lowest BCUT2D eigenvalue weighted by molar-refractivity contribution is -0.131. The van der Waals surface area contributed by atoms with Crippen LogP contribution in [0.15, 0.2) is 18.3 Å². The van der Waals surface area contributed by atoms with Gasteiger partial charge in [-0.05, 0) is 57.3 Å². The minimum atomic E-state index is 0. The first-order valence-electron chi connectivity index (χ1n) is 7.53. The Morgan fingerprint density at radius 3 is 2.55 bits per heavy atom. The highest BCUT2D eigenvalue weighted by Gasteiger charge is 2.22. The number of aryl methyl sites for hydroxylation is 1. The van der Waals surface area contributed by atoms with Crippen molar-refractivity contribution in [2.24, 2.45) is 5.92 Å². The molecule has 1 amide bonds. The van der Waals surface area contributed by atoms with E-state index < -0.39 is 0 Å². The highest BCUT2D eigenvalue weighted by atomic mass is 35.5. The Kier molecular flexibility index (Phi) is 10.4. The predicted octanol–water partition coefficient (Wildman–Crippen LogP) is 2.62. The molecule has 0 atom stereocenters. The fourth-order valence-corrected chi connectivity index (χ4v) is 2.71. The van der Waals surface area contributed by atoms with E-state index in [-0.39, 0.29) is 30.7 Å². The van der Waals surface area contributed by atoms with E-state index in [2.05, 4.69) is 10.3 Å². The maximum atomic E-state index is 12.3. The molecule has 0 bridgehead atoms. The maximum absolute atomic E-state index is 12.3. The summed E-state index contributed by atoms with van der Waals surface area (Å²) in [7, 11) is 1.99. The lowest BCUT2D eigenvalue weighted by Gasteiger charge is -2.32. The molecule has 1 aromatic rings. The van der Waals surface area contributed by atoms with Crippen LogP contribution in [-0.4, -0.2) is 42.5 Å².